The Bertz CT molecular complexity index is 897. The van der Waals surface area contributed by atoms with E-state index in [1.807, 2.05) is 60.7 Å². The van der Waals surface area contributed by atoms with Crippen LogP contribution in [0.2, 0.25) is 0 Å². The van der Waals surface area contributed by atoms with E-state index >= 15 is 0 Å². The van der Waals surface area contributed by atoms with E-state index in [0.717, 1.165) is 11.1 Å². The fourth-order valence-corrected chi connectivity index (χ4v) is 2.76. The van der Waals surface area contributed by atoms with Crippen molar-refractivity contribution in [2.75, 3.05) is 0 Å². The smallest absolute Gasteiger partial charge is 0.305 e. The first kappa shape index (κ1) is 19.5. The average molecular weight is 377 g/mol. The van der Waals surface area contributed by atoms with Crippen LogP contribution in [-0.4, -0.2) is 11.1 Å². The van der Waals surface area contributed by atoms with Gasteiger partial charge in [-0.25, -0.2) is 0 Å². The highest BCUT2D eigenvalue weighted by molar-refractivity contribution is 5.68. The van der Waals surface area contributed by atoms with Gasteiger partial charge in [-0.15, -0.1) is 0 Å². The summed E-state index contributed by atoms with van der Waals surface area (Å²) in [7, 11) is 0. The third-order valence-corrected chi connectivity index (χ3v) is 4.26. The number of ether oxygens (including phenoxy) is 2. The molecule has 3 N–H and O–H groups in total. The molecule has 3 aromatic rings. The fraction of sp³-hybridized carbons (Fsp3) is 0.174. The van der Waals surface area contributed by atoms with Gasteiger partial charge in [0.15, 0.2) is 11.5 Å². The first-order valence-corrected chi connectivity index (χ1v) is 9.06. The molecule has 0 radical (unpaired) electrons. The monoisotopic (exact) mass is 377 g/mol. The van der Waals surface area contributed by atoms with Crippen LogP contribution in [0.15, 0.2) is 78.9 Å². The predicted octanol–water partition coefficient (Wildman–Crippen LogP) is 4.32. The number of carbonyl (C=O) groups is 1. The molecule has 5 heteroatoms. The van der Waals surface area contributed by atoms with Crippen LogP contribution in [0, 0.1) is 0 Å². The van der Waals surface area contributed by atoms with E-state index < -0.39 is 12.0 Å². The van der Waals surface area contributed by atoms with Crippen LogP contribution in [0.4, 0.5) is 0 Å². The predicted molar refractivity (Wildman–Crippen MR) is 107 cm³/mol. The number of hydrogen-bond donors (Lipinski definition) is 2. The molecule has 28 heavy (non-hydrogen) atoms. The van der Waals surface area contributed by atoms with Gasteiger partial charge < -0.3 is 20.3 Å². The van der Waals surface area contributed by atoms with Crippen molar-refractivity contribution in [1.29, 1.82) is 0 Å². The van der Waals surface area contributed by atoms with Crippen LogP contribution in [0.3, 0.4) is 0 Å². The lowest BCUT2D eigenvalue weighted by molar-refractivity contribution is -0.137. The first-order chi connectivity index (χ1) is 13.6. The van der Waals surface area contributed by atoms with Crippen molar-refractivity contribution in [3.05, 3.63) is 95.6 Å². The summed E-state index contributed by atoms with van der Waals surface area (Å²) >= 11 is 0. The van der Waals surface area contributed by atoms with Crippen molar-refractivity contribution in [2.24, 2.45) is 5.73 Å². The Labute approximate surface area is 164 Å². The number of benzene rings is 3. The molecule has 3 aromatic carbocycles. The molecule has 0 amide bonds. The number of nitrogens with two attached hydrogens (primary N) is 1. The van der Waals surface area contributed by atoms with Gasteiger partial charge in [0.1, 0.15) is 13.2 Å². The second kappa shape index (κ2) is 9.58. The Morgan fingerprint density at radius 3 is 1.89 bits per heavy atom. The molecule has 0 fully saturated rings. The van der Waals surface area contributed by atoms with Gasteiger partial charge in [0, 0.05) is 6.04 Å². The van der Waals surface area contributed by atoms with Gasteiger partial charge in [-0.3, -0.25) is 4.79 Å². The van der Waals surface area contributed by atoms with Gasteiger partial charge >= 0.3 is 5.97 Å². The minimum atomic E-state index is -0.941. The molecule has 3 rings (SSSR count). The zero-order valence-corrected chi connectivity index (χ0v) is 15.5. The number of rotatable bonds is 9. The summed E-state index contributed by atoms with van der Waals surface area (Å²) in [6.07, 6.45) is -0.150. The highest BCUT2D eigenvalue weighted by Gasteiger charge is 2.15. The number of carboxylic acid groups (broad SMARTS) is 1. The molecule has 0 aliphatic heterocycles. The largest absolute Gasteiger partial charge is 0.485 e. The van der Waals surface area contributed by atoms with E-state index in [4.69, 9.17) is 20.3 Å². The van der Waals surface area contributed by atoms with Crippen LogP contribution in [-0.2, 0) is 18.0 Å². The maximum Gasteiger partial charge on any atom is 0.305 e. The molecule has 144 valence electrons. The number of carboxylic acids is 1. The van der Waals surface area contributed by atoms with Gasteiger partial charge in [-0.1, -0.05) is 66.7 Å². The first-order valence-electron chi connectivity index (χ1n) is 9.06. The lowest BCUT2D eigenvalue weighted by Gasteiger charge is -2.16. The average Bonchev–Trinajstić information content (AvgIpc) is 2.72. The van der Waals surface area contributed by atoms with E-state index in [1.165, 1.54) is 0 Å². The minimum absolute atomic E-state index is 0.150. The third kappa shape index (κ3) is 5.59. The zero-order valence-electron chi connectivity index (χ0n) is 15.5. The number of hydrogen-bond acceptors (Lipinski definition) is 4. The highest BCUT2D eigenvalue weighted by atomic mass is 16.5. The topological polar surface area (TPSA) is 81.8 Å². The summed E-state index contributed by atoms with van der Waals surface area (Å²) in [4.78, 5) is 11.0. The SMILES string of the molecule is N[C@H](CC(=O)O)c1ccc(OCc2ccccc2)c(OCc2ccccc2)c1. The summed E-state index contributed by atoms with van der Waals surface area (Å²) in [5.41, 5.74) is 8.77. The molecular formula is C23H23NO4. The Hall–Kier alpha value is -3.31. The second-order valence-electron chi connectivity index (χ2n) is 6.46. The molecule has 0 aromatic heterocycles. The molecule has 0 saturated carbocycles. The standard InChI is InChI=1S/C23H23NO4/c24-20(14-23(25)26)19-11-12-21(27-15-17-7-3-1-4-8-17)22(13-19)28-16-18-9-5-2-6-10-18/h1-13,20H,14-16,24H2,(H,25,26)/t20-/m1/s1. The molecule has 0 aliphatic carbocycles. The van der Waals surface area contributed by atoms with Gasteiger partial charge in [0.2, 0.25) is 0 Å². The molecule has 0 unspecified atom stereocenters. The molecule has 0 aliphatic rings. The van der Waals surface area contributed by atoms with Crippen molar-refractivity contribution >= 4 is 5.97 Å². The van der Waals surface area contributed by atoms with Crippen molar-refractivity contribution < 1.29 is 19.4 Å². The van der Waals surface area contributed by atoms with Gasteiger partial charge in [0.05, 0.1) is 6.42 Å². The summed E-state index contributed by atoms with van der Waals surface area (Å²) < 4.78 is 11.9. The van der Waals surface area contributed by atoms with Crippen molar-refractivity contribution in [3.63, 3.8) is 0 Å². The van der Waals surface area contributed by atoms with Crippen LogP contribution < -0.4 is 15.2 Å². The molecule has 1 atom stereocenters. The Balaban J connectivity index is 1.78. The summed E-state index contributed by atoms with van der Waals surface area (Å²) in [5, 5.41) is 9.00. The number of aliphatic carboxylic acids is 1. The Morgan fingerprint density at radius 2 is 1.36 bits per heavy atom. The molecule has 0 spiro atoms. The molecule has 0 heterocycles. The normalized spacial score (nSPS) is 11.6. The fourth-order valence-electron chi connectivity index (χ4n) is 2.76. The summed E-state index contributed by atoms with van der Waals surface area (Å²) in [6.45, 7) is 0.781. The lowest BCUT2D eigenvalue weighted by Crippen LogP contribution is -2.15. The lowest BCUT2D eigenvalue weighted by atomic mass is 10.0. The van der Waals surface area contributed by atoms with Crippen molar-refractivity contribution in [1.82, 2.24) is 0 Å². The summed E-state index contributed by atoms with van der Waals surface area (Å²) in [6, 6.07) is 24.4. The van der Waals surface area contributed by atoms with E-state index in [2.05, 4.69) is 0 Å². The van der Waals surface area contributed by atoms with E-state index in [9.17, 15) is 4.79 Å². The van der Waals surface area contributed by atoms with Crippen LogP contribution in [0.5, 0.6) is 11.5 Å². The Morgan fingerprint density at radius 1 is 0.821 bits per heavy atom. The highest BCUT2D eigenvalue weighted by Crippen LogP contribution is 2.32. The van der Waals surface area contributed by atoms with E-state index in [1.54, 1.807) is 18.2 Å². The molecule has 0 bridgehead atoms. The molecule has 5 nitrogen and oxygen atoms in total. The van der Waals surface area contributed by atoms with Crippen molar-refractivity contribution in [2.45, 2.75) is 25.7 Å². The van der Waals surface area contributed by atoms with E-state index in [-0.39, 0.29) is 6.42 Å². The second-order valence-corrected chi connectivity index (χ2v) is 6.46. The summed E-state index contributed by atoms with van der Waals surface area (Å²) in [5.74, 6) is 0.188. The quantitative estimate of drug-likeness (QED) is 0.580. The van der Waals surface area contributed by atoms with Gasteiger partial charge in [-0.05, 0) is 28.8 Å². The molecule has 0 saturated heterocycles. The third-order valence-electron chi connectivity index (χ3n) is 4.26. The van der Waals surface area contributed by atoms with Crippen LogP contribution in [0.1, 0.15) is 29.2 Å². The van der Waals surface area contributed by atoms with Gasteiger partial charge in [0.25, 0.3) is 0 Å². The molecular weight excluding hydrogens is 354 g/mol. The maximum atomic E-state index is 11.0. The minimum Gasteiger partial charge on any atom is -0.485 e. The van der Waals surface area contributed by atoms with Crippen LogP contribution in [0.25, 0.3) is 0 Å². The maximum absolute atomic E-state index is 11.0. The van der Waals surface area contributed by atoms with Gasteiger partial charge in [-0.2, -0.15) is 0 Å². The Kier molecular flexibility index (Phi) is 6.65. The van der Waals surface area contributed by atoms with Crippen molar-refractivity contribution in [3.8, 4) is 11.5 Å². The zero-order chi connectivity index (χ0) is 19.8. The van der Waals surface area contributed by atoms with Crippen LogP contribution >= 0.6 is 0 Å². The van der Waals surface area contributed by atoms with E-state index in [0.29, 0.717) is 30.3 Å².